The minimum atomic E-state index is -0.855. The van der Waals surface area contributed by atoms with E-state index in [1.54, 1.807) is 28.4 Å². The number of aromatic nitrogens is 4. The van der Waals surface area contributed by atoms with Gasteiger partial charge in [-0.3, -0.25) is 9.59 Å². The Balaban J connectivity index is 1.13. The Bertz CT molecular complexity index is 5010. The quantitative estimate of drug-likeness (QED) is 0.0596. The van der Waals surface area contributed by atoms with Gasteiger partial charge in [0.2, 0.25) is 11.5 Å². The Morgan fingerprint density at radius 1 is 0.380 bits per heavy atom. The van der Waals surface area contributed by atoms with E-state index in [1.807, 2.05) is 24.3 Å². The summed E-state index contributed by atoms with van der Waals surface area (Å²) in [6.07, 6.45) is 2.00. The van der Waals surface area contributed by atoms with Crippen molar-refractivity contribution in [3.8, 4) is 102 Å². The molecule has 0 aliphatic carbocycles. The largest absolute Gasteiger partial charge is 0.493 e. The van der Waals surface area contributed by atoms with E-state index in [2.05, 4.69) is 168 Å². The Kier molecular flexibility index (Phi) is 14.6. The van der Waals surface area contributed by atoms with E-state index in [1.165, 1.54) is 0 Å². The number of aliphatic carboxylic acids is 2. The first-order valence-corrected chi connectivity index (χ1v) is 30.8. The number of unbranched alkanes of at least 4 members (excludes halogenated alkanes) is 2. The first-order chi connectivity index (χ1) is 45.0. The van der Waals surface area contributed by atoms with Gasteiger partial charge in [-0.15, -0.1) is 0 Å². The zero-order chi connectivity index (χ0) is 62.7. The highest BCUT2D eigenvalue weighted by Gasteiger charge is 2.30. The standard InChI is InChI=1S/C78H62N4O10/c1-87-65-37-51(38-66(88-2)77(65)91-27-15-13-25-69(83)84)71-73-57-33-47-21-9-5-17-43(47)29-53(57)61(79-73)41-63-55-31-45-19-7-11-23-49(45)35-59(55)75(81-63)72(52-39-67(89-3)78(68(40-52)90-4)92-28-16-14-26-70(85)86)76-60-36-50-24-12-8-20-46(50)32-56(60)64(82-76)42-62-54-30-44-18-6-10-22-48(44)34-58(54)74(71)80-62/h5-12,17-24,29-42,79,82H,13-16,25-28H2,1-4H3,(H,83,84)(H,85,86). The maximum atomic E-state index is 11.5. The van der Waals surface area contributed by atoms with E-state index < -0.39 is 11.9 Å². The highest BCUT2D eigenvalue weighted by atomic mass is 16.5. The van der Waals surface area contributed by atoms with Crippen LogP contribution in [0.5, 0.6) is 34.5 Å². The average molecular weight is 1220 g/mol. The summed E-state index contributed by atoms with van der Waals surface area (Å²) in [5.41, 5.74) is 12.8. The molecule has 5 heterocycles. The molecule has 0 saturated carbocycles. The topological polar surface area (TPSA) is 187 Å². The minimum absolute atomic E-state index is 0.0362. The monoisotopic (exact) mass is 1210 g/mol. The molecule has 0 unspecified atom stereocenters. The Hall–Kier alpha value is -11.4. The Labute approximate surface area is 528 Å². The summed E-state index contributed by atoms with van der Waals surface area (Å²) < 4.78 is 37.8. The molecule has 0 amide bonds. The van der Waals surface area contributed by atoms with Gasteiger partial charge in [0.25, 0.3) is 0 Å². The van der Waals surface area contributed by atoms with Crippen molar-refractivity contribution in [2.24, 2.45) is 0 Å². The van der Waals surface area contributed by atoms with E-state index in [4.69, 9.17) is 38.4 Å². The number of carboxylic acids is 2. The van der Waals surface area contributed by atoms with Crippen LogP contribution in [0.4, 0.5) is 0 Å². The number of rotatable bonds is 18. The van der Waals surface area contributed by atoms with E-state index >= 15 is 0 Å². The van der Waals surface area contributed by atoms with Crippen molar-refractivity contribution in [3.63, 3.8) is 0 Å². The normalized spacial score (nSPS) is 11.8. The number of H-pyrrole nitrogens is 2. The van der Waals surface area contributed by atoms with Crippen molar-refractivity contribution >= 4 is 98.6 Å². The molecular formula is C78H62N4O10. The van der Waals surface area contributed by atoms with Crippen LogP contribution in [0.25, 0.3) is 154 Å². The summed E-state index contributed by atoms with van der Waals surface area (Å²) in [5.74, 6) is 0.822. The molecule has 13 aromatic rings. The van der Waals surface area contributed by atoms with Crippen molar-refractivity contribution in [1.29, 1.82) is 0 Å². The van der Waals surface area contributed by atoms with Crippen LogP contribution < -0.4 is 28.4 Å². The Morgan fingerprint density at radius 3 is 1.00 bits per heavy atom. The number of hydrogen-bond acceptors (Lipinski definition) is 10. The molecule has 2 aliphatic rings. The molecule has 15 rings (SSSR count). The van der Waals surface area contributed by atoms with Crippen molar-refractivity contribution in [1.82, 2.24) is 19.9 Å². The lowest BCUT2D eigenvalue weighted by Crippen LogP contribution is -2.03. The van der Waals surface area contributed by atoms with Gasteiger partial charge in [0.1, 0.15) is 0 Å². The lowest BCUT2D eigenvalue weighted by atomic mass is 9.93. The van der Waals surface area contributed by atoms with Crippen LogP contribution >= 0.6 is 0 Å². The zero-order valence-electron chi connectivity index (χ0n) is 51.0. The predicted octanol–water partition coefficient (Wildman–Crippen LogP) is 18.5. The van der Waals surface area contributed by atoms with E-state index in [-0.39, 0.29) is 26.1 Å². The fourth-order valence-electron chi connectivity index (χ4n) is 13.4. The molecule has 10 aromatic carbocycles. The second-order valence-corrected chi connectivity index (χ2v) is 23.4. The van der Waals surface area contributed by atoms with E-state index in [9.17, 15) is 19.8 Å². The van der Waals surface area contributed by atoms with Crippen LogP contribution in [-0.4, -0.2) is 83.7 Å². The summed E-state index contributed by atoms with van der Waals surface area (Å²) in [6, 6.07) is 63.8. The lowest BCUT2D eigenvalue weighted by Gasteiger charge is -2.17. The number of fused-ring (bicyclic) bond motifs is 24. The molecule has 2 aliphatic heterocycles. The number of benzene rings is 10. The summed E-state index contributed by atoms with van der Waals surface area (Å²) in [5, 5.41) is 31.0. The third-order valence-corrected chi connectivity index (χ3v) is 17.8. The van der Waals surface area contributed by atoms with Crippen LogP contribution in [0.15, 0.2) is 182 Å². The summed E-state index contributed by atoms with van der Waals surface area (Å²) in [7, 11) is 6.44. The molecule has 0 fully saturated rings. The lowest BCUT2D eigenvalue weighted by molar-refractivity contribution is -0.138. The van der Waals surface area contributed by atoms with Gasteiger partial charge in [-0.25, -0.2) is 9.97 Å². The number of aromatic amines is 2. The van der Waals surface area contributed by atoms with Crippen LogP contribution in [0.1, 0.15) is 38.5 Å². The van der Waals surface area contributed by atoms with E-state index in [0.29, 0.717) is 71.6 Å². The number of carboxylic acid groups (broad SMARTS) is 2. The van der Waals surface area contributed by atoms with Crippen LogP contribution in [0, 0.1) is 0 Å². The van der Waals surface area contributed by atoms with E-state index in [0.717, 1.165) is 143 Å². The predicted molar refractivity (Wildman–Crippen MR) is 366 cm³/mol. The summed E-state index contributed by atoms with van der Waals surface area (Å²) in [4.78, 5) is 42.8. The fraction of sp³-hybridized carbons (Fsp3) is 0.154. The van der Waals surface area contributed by atoms with Crippen molar-refractivity contribution in [2.75, 3.05) is 41.7 Å². The third kappa shape index (κ3) is 10.1. The van der Waals surface area contributed by atoms with Gasteiger partial charge in [-0.05, 0) is 165 Å². The maximum absolute atomic E-state index is 11.5. The Morgan fingerprint density at radius 2 is 0.685 bits per heavy atom. The van der Waals surface area contributed by atoms with Gasteiger partial charge in [-0.2, -0.15) is 0 Å². The first kappa shape index (κ1) is 57.1. The smallest absolute Gasteiger partial charge is 0.303 e. The summed E-state index contributed by atoms with van der Waals surface area (Å²) >= 11 is 0. The molecule has 3 aromatic heterocycles. The van der Waals surface area contributed by atoms with Gasteiger partial charge in [0.05, 0.1) is 75.5 Å². The molecule has 4 N–H and O–H groups in total. The molecule has 0 radical (unpaired) electrons. The molecule has 454 valence electrons. The molecule has 0 atom stereocenters. The minimum Gasteiger partial charge on any atom is -0.493 e. The fourth-order valence-corrected chi connectivity index (χ4v) is 13.4. The number of carbonyl (C=O) groups is 2. The average Bonchev–Trinajstić information content (AvgIpc) is 1.56. The van der Waals surface area contributed by atoms with Crippen LogP contribution in [0.2, 0.25) is 0 Å². The summed E-state index contributed by atoms with van der Waals surface area (Å²) in [6.45, 7) is 0.499. The number of hydrogen-bond donors (Lipinski definition) is 4. The van der Waals surface area contributed by atoms with Gasteiger partial charge in [0.15, 0.2) is 23.0 Å². The second kappa shape index (κ2) is 23.5. The van der Waals surface area contributed by atoms with Gasteiger partial charge < -0.3 is 48.6 Å². The van der Waals surface area contributed by atoms with Crippen LogP contribution in [-0.2, 0) is 9.59 Å². The molecule has 14 heteroatoms. The van der Waals surface area contributed by atoms with Crippen molar-refractivity contribution < 1.29 is 48.2 Å². The molecular weight excluding hydrogens is 1150 g/mol. The van der Waals surface area contributed by atoms with Gasteiger partial charge >= 0.3 is 11.9 Å². The van der Waals surface area contributed by atoms with Gasteiger partial charge in [0, 0.05) is 78.8 Å². The first-order valence-electron chi connectivity index (χ1n) is 30.8. The highest BCUT2D eigenvalue weighted by Crippen LogP contribution is 2.53. The highest BCUT2D eigenvalue weighted by molar-refractivity contribution is 6.21. The molecule has 92 heavy (non-hydrogen) atoms. The molecule has 14 nitrogen and oxygen atoms in total. The number of methoxy groups -OCH3 is 4. The second-order valence-electron chi connectivity index (χ2n) is 23.4. The molecule has 8 bridgehead atoms. The third-order valence-electron chi connectivity index (χ3n) is 17.8. The molecule has 0 spiro atoms. The number of ether oxygens (including phenoxy) is 6. The van der Waals surface area contributed by atoms with Crippen LogP contribution in [0.3, 0.4) is 0 Å². The molecule has 0 saturated heterocycles. The number of nitrogens with one attached hydrogen (secondary N) is 2. The van der Waals surface area contributed by atoms with Crippen molar-refractivity contribution in [2.45, 2.75) is 38.5 Å². The number of nitrogens with zero attached hydrogens (tertiary/aromatic N) is 2. The maximum Gasteiger partial charge on any atom is 0.303 e. The van der Waals surface area contributed by atoms with Gasteiger partial charge in [-0.1, -0.05) is 97.1 Å². The SMILES string of the molecule is COc1cc(-c2c3nc(cc4[nH]c(c(-c5cc(OC)c(OCCCCC(=O)O)c(OC)c5)c5nc(cc6[nH]c2c2cc7ccccc7cc62)-c2cc6ccccc6cc2-5)c2cc5ccccc5cc42)-c2cc4ccccc4cc2-3)cc(OC)c1OCCCCC(=O)O. The zero-order valence-corrected chi connectivity index (χ0v) is 51.0. The van der Waals surface area contributed by atoms with Crippen molar-refractivity contribution in [3.05, 3.63) is 182 Å².